The lowest BCUT2D eigenvalue weighted by Gasteiger charge is -2.23. The molecule has 1 atom stereocenters. The smallest absolute Gasteiger partial charge is 0.394 e. The maximum Gasteiger partial charge on any atom is 0.416 e. The number of carbonyl (C=O) groups excluding carboxylic acids is 1. The van der Waals surface area contributed by atoms with E-state index in [1.54, 1.807) is 4.90 Å². The summed E-state index contributed by atoms with van der Waals surface area (Å²) >= 11 is 0. The fraction of sp³-hybridized carbons (Fsp3) is 0.353. The Morgan fingerprint density at radius 2 is 1.96 bits per heavy atom. The van der Waals surface area contributed by atoms with Crippen molar-refractivity contribution in [3.8, 4) is 11.3 Å². The van der Waals surface area contributed by atoms with Crippen LogP contribution in [0, 0.1) is 0 Å². The van der Waals surface area contributed by atoms with Gasteiger partial charge in [0, 0.05) is 12.1 Å². The van der Waals surface area contributed by atoms with E-state index in [0.29, 0.717) is 17.8 Å². The molecule has 3 rings (SSSR count). The number of carbonyl (C=O) groups is 1. The molecule has 3 N–H and O–H groups in total. The minimum absolute atomic E-state index is 0.0338. The Bertz CT molecular complexity index is 809. The minimum atomic E-state index is -4.43. The van der Waals surface area contributed by atoms with E-state index in [-0.39, 0.29) is 24.3 Å². The number of primary amides is 1. The monoisotopic (exact) mass is 366 g/mol. The zero-order valence-electron chi connectivity index (χ0n) is 13.7. The van der Waals surface area contributed by atoms with Gasteiger partial charge in [-0.25, -0.2) is 9.97 Å². The molecule has 2 aromatic rings. The van der Waals surface area contributed by atoms with Crippen molar-refractivity contribution in [2.75, 3.05) is 18.1 Å². The van der Waals surface area contributed by atoms with Gasteiger partial charge in [-0.15, -0.1) is 0 Å². The van der Waals surface area contributed by atoms with Crippen LogP contribution in [0.25, 0.3) is 11.3 Å². The van der Waals surface area contributed by atoms with E-state index in [0.717, 1.165) is 25.0 Å². The van der Waals surface area contributed by atoms with Crippen LogP contribution in [0.1, 0.15) is 28.9 Å². The predicted molar refractivity (Wildman–Crippen MR) is 88.4 cm³/mol. The van der Waals surface area contributed by atoms with Gasteiger partial charge < -0.3 is 15.7 Å². The van der Waals surface area contributed by atoms with Crippen LogP contribution in [0.5, 0.6) is 0 Å². The number of amides is 1. The van der Waals surface area contributed by atoms with Gasteiger partial charge in [0.15, 0.2) is 0 Å². The third-order valence-electron chi connectivity index (χ3n) is 4.32. The molecule has 1 aliphatic heterocycles. The molecule has 9 heteroatoms. The summed E-state index contributed by atoms with van der Waals surface area (Å²) < 4.78 is 38.2. The average Bonchev–Trinajstić information content (AvgIpc) is 3.09. The topological polar surface area (TPSA) is 92.3 Å². The Morgan fingerprint density at radius 1 is 1.27 bits per heavy atom. The summed E-state index contributed by atoms with van der Waals surface area (Å²) in [4.78, 5) is 21.9. The van der Waals surface area contributed by atoms with Crippen molar-refractivity contribution >= 4 is 11.9 Å². The lowest BCUT2D eigenvalue weighted by atomic mass is 10.1. The highest BCUT2D eigenvalue weighted by molar-refractivity contribution is 5.92. The minimum Gasteiger partial charge on any atom is -0.394 e. The van der Waals surface area contributed by atoms with Crippen molar-refractivity contribution < 1.29 is 23.1 Å². The average molecular weight is 366 g/mol. The second-order valence-corrected chi connectivity index (χ2v) is 6.05. The molecule has 6 nitrogen and oxygen atoms in total. The van der Waals surface area contributed by atoms with Crippen LogP contribution in [-0.2, 0) is 6.18 Å². The summed E-state index contributed by atoms with van der Waals surface area (Å²) in [6.45, 7) is 0.527. The summed E-state index contributed by atoms with van der Waals surface area (Å²) in [6, 6.07) is 5.65. The Hall–Kier alpha value is -2.68. The number of alkyl halides is 3. The maximum atomic E-state index is 12.7. The second-order valence-electron chi connectivity index (χ2n) is 6.05. The van der Waals surface area contributed by atoms with Gasteiger partial charge in [0.2, 0.25) is 5.95 Å². The van der Waals surface area contributed by atoms with E-state index in [2.05, 4.69) is 9.97 Å². The number of nitrogens with zero attached hydrogens (tertiary/aromatic N) is 3. The number of nitrogens with two attached hydrogens (primary N) is 1. The molecule has 1 fully saturated rings. The number of benzene rings is 1. The molecule has 1 aliphatic rings. The van der Waals surface area contributed by atoms with Gasteiger partial charge in [-0.1, -0.05) is 12.1 Å². The highest BCUT2D eigenvalue weighted by atomic mass is 19.4. The number of aromatic nitrogens is 2. The molecule has 0 aliphatic carbocycles. The van der Waals surface area contributed by atoms with Gasteiger partial charge in [-0.2, -0.15) is 13.2 Å². The van der Waals surface area contributed by atoms with E-state index >= 15 is 0 Å². The highest BCUT2D eigenvalue weighted by Crippen LogP contribution is 2.31. The molecule has 1 aromatic heterocycles. The van der Waals surface area contributed by atoms with E-state index in [1.807, 2.05) is 0 Å². The van der Waals surface area contributed by atoms with Crippen molar-refractivity contribution in [3.05, 3.63) is 41.6 Å². The fourth-order valence-corrected chi connectivity index (χ4v) is 2.96. The summed E-state index contributed by atoms with van der Waals surface area (Å²) in [7, 11) is 0. The third-order valence-corrected chi connectivity index (χ3v) is 4.32. The predicted octanol–water partition coefficient (Wildman–Crippen LogP) is 2.22. The normalized spacial score (nSPS) is 17.5. The molecule has 0 unspecified atom stereocenters. The zero-order chi connectivity index (χ0) is 18.9. The fourth-order valence-electron chi connectivity index (χ4n) is 2.96. The number of hydrogen-bond donors (Lipinski definition) is 2. The summed E-state index contributed by atoms with van der Waals surface area (Å²) in [5.41, 5.74) is 5.22. The van der Waals surface area contributed by atoms with Crippen LogP contribution in [0.3, 0.4) is 0 Å². The van der Waals surface area contributed by atoms with Crippen LogP contribution in [0.15, 0.2) is 30.3 Å². The van der Waals surface area contributed by atoms with Crippen LogP contribution >= 0.6 is 0 Å². The number of aliphatic hydroxyl groups excluding tert-OH is 1. The molecule has 138 valence electrons. The summed E-state index contributed by atoms with van der Waals surface area (Å²) in [6.07, 6.45) is -2.83. The first-order valence-electron chi connectivity index (χ1n) is 8.03. The van der Waals surface area contributed by atoms with Crippen molar-refractivity contribution in [1.82, 2.24) is 9.97 Å². The molecular weight excluding hydrogens is 349 g/mol. The summed E-state index contributed by atoms with van der Waals surface area (Å²) in [5.74, 6) is -0.533. The Morgan fingerprint density at radius 3 is 2.54 bits per heavy atom. The quantitative estimate of drug-likeness (QED) is 0.866. The molecule has 1 amide bonds. The van der Waals surface area contributed by atoms with Crippen LogP contribution in [-0.4, -0.2) is 40.2 Å². The van der Waals surface area contributed by atoms with Crippen LogP contribution in [0.2, 0.25) is 0 Å². The van der Waals surface area contributed by atoms with E-state index in [9.17, 15) is 23.1 Å². The second kappa shape index (κ2) is 6.91. The number of hydrogen-bond acceptors (Lipinski definition) is 5. The SMILES string of the molecule is NC(=O)c1cc(-c2ccc(C(F)(F)F)cc2)nc(N2CCC[C@H]2CO)n1. The number of anilines is 1. The third kappa shape index (κ3) is 3.62. The van der Waals surface area contributed by atoms with Gasteiger partial charge in [-0.05, 0) is 31.0 Å². The molecular formula is C17H17F3N4O2. The van der Waals surface area contributed by atoms with Crippen molar-refractivity contribution in [2.24, 2.45) is 5.73 Å². The number of rotatable bonds is 4. The van der Waals surface area contributed by atoms with Gasteiger partial charge in [0.1, 0.15) is 5.69 Å². The van der Waals surface area contributed by atoms with E-state index in [4.69, 9.17) is 5.73 Å². The Balaban J connectivity index is 2.02. The Kier molecular flexibility index (Phi) is 4.82. The summed E-state index contributed by atoms with van der Waals surface area (Å²) in [5, 5.41) is 9.47. The number of aliphatic hydroxyl groups is 1. The first-order valence-corrected chi connectivity index (χ1v) is 8.03. The largest absolute Gasteiger partial charge is 0.416 e. The standard InChI is InChI=1S/C17H17F3N4O2/c18-17(19,20)11-5-3-10(4-6-11)13-8-14(15(21)26)23-16(22-13)24-7-1-2-12(24)9-25/h3-6,8,12,25H,1-2,7,9H2,(H2,21,26)/t12-/m0/s1. The molecule has 0 saturated carbocycles. The van der Waals surface area contributed by atoms with Crippen LogP contribution < -0.4 is 10.6 Å². The zero-order valence-corrected chi connectivity index (χ0v) is 13.7. The molecule has 0 bridgehead atoms. The molecule has 0 radical (unpaired) electrons. The van der Waals surface area contributed by atoms with E-state index < -0.39 is 17.6 Å². The number of halogens is 3. The maximum absolute atomic E-state index is 12.7. The van der Waals surface area contributed by atoms with Gasteiger partial charge in [0.25, 0.3) is 5.91 Å². The Labute approximate surface area is 147 Å². The first kappa shape index (κ1) is 18.1. The molecule has 26 heavy (non-hydrogen) atoms. The van der Waals surface area contributed by atoms with Crippen molar-refractivity contribution in [1.29, 1.82) is 0 Å². The lowest BCUT2D eigenvalue weighted by Crippen LogP contribution is -2.34. The lowest BCUT2D eigenvalue weighted by molar-refractivity contribution is -0.137. The van der Waals surface area contributed by atoms with Gasteiger partial charge in [-0.3, -0.25) is 4.79 Å². The first-order chi connectivity index (χ1) is 12.3. The van der Waals surface area contributed by atoms with Gasteiger partial charge >= 0.3 is 6.18 Å². The highest BCUT2D eigenvalue weighted by Gasteiger charge is 2.30. The molecule has 2 heterocycles. The van der Waals surface area contributed by atoms with Crippen molar-refractivity contribution in [3.63, 3.8) is 0 Å². The van der Waals surface area contributed by atoms with Gasteiger partial charge in [0.05, 0.1) is 23.9 Å². The van der Waals surface area contributed by atoms with Crippen molar-refractivity contribution in [2.45, 2.75) is 25.1 Å². The molecule has 1 saturated heterocycles. The molecule has 0 spiro atoms. The molecule has 1 aromatic carbocycles. The van der Waals surface area contributed by atoms with E-state index in [1.165, 1.54) is 18.2 Å². The van der Waals surface area contributed by atoms with Crippen LogP contribution in [0.4, 0.5) is 19.1 Å².